The lowest BCUT2D eigenvalue weighted by molar-refractivity contribution is 0.242. The minimum absolute atomic E-state index is 0.167. The van der Waals surface area contributed by atoms with Crippen LogP contribution in [-0.4, -0.2) is 22.6 Å². The Kier molecular flexibility index (Phi) is 2.68. The number of fused-ring (bicyclic) bond motifs is 1. The van der Waals surface area contributed by atoms with Crippen LogP contribution in [-0.2, 0) is 6.42 Å². The Bertz CT molecular complexity index is 574. The average molecular weight is 245 g/mol. The van der Waals surface area contributed by atoms with Crippen molar-refractivity contribution < 1.29 is 9.13 Å². The summed E-state index contributed by atoms with van der Waals surface area (Å²) in [7, 11) is 0. The summed E-state index contributed by atoms with van der Waals surface area (Å²) >= 11 is 0. The Balaban J connectivity index is 2.12. The maximum Gasteiger partial charge on any atom is 0.162 e. The van der Waals surface area contributed by atoms with Crippen LogP contribution in [0, 0.1) is 5.82 Å². The second-order valence-electron chi connectivity index (χ2n) is 4.15. The predicted molar refractivity (Wildman–Crippen MR) is 64.6 cm³/mol. The number of nitrogens with zero attached hydrogens (tertiary/aromatic N) is 2. The highest BCUT2D eigenvalue weighted by Gasteiger charge is 2.28. The number of halogens is 1. The lowest BCUT2D eigenvalue weighted by atomic mass is 10.1. The molecule has 0 radical (unpaired) electrons. The van der Waals surface area contributed by atoms with Crippen LogP contribution >= 0.6 is 0 Å². The number of nitrogens with two attached hydrogens (primary N) is 1. The van der Waals surface area contributed by atoms with E-state index in [2.05, 4.69) is 9.97 Å². The SMILES string of the molecule is NC[C@@H]1Cc2c(F)ccc(-c3ncccn3)c2O1. The van der Waals surface area contributed by atoms with Crippen LogP contribution in [0.2, 0.25) is 0 Å². The van der Waals surface area contributed by atoms with Gasteiger partial charge in [0.1, 0.15) is 17.7 Å². The van der Waals surface area contributed by atoms with Crippen molar-refractivity contribution in [2.45, 2.75) is 12.5 Å². The molecule has 2 heterocycles. The molecule has 0 bridgehead atoms. The minimum atomic E-state index is -0.263. The molecule has 2 aromatic rings. The van der Waals surface area contributed by atoms with Gasteiger partial charge >= 0.3 is 0 Å². The Morgan fingerprint density at radius 1 is 1.33 bits per heavy atom. The van der Waals surface area contributed by atoms with Crippen molar-refractivity contribution in [1.29, 1.82) is 0 Å². The van der Waals surface area contributed by atoms with Gasteiger partial charge < -0.3 is 10.5 Å². The monoisotopic (exact) mass is 245 g/mol. The third kappa shape index (κ3) is 1.73. The van der Waals surface area contributed by atoms with Crippen LogP contribution in [0.25, 0.3) is 11.4 Å². The van der Waals surface area contributed by atoms with Crippen LogP contribution in [0.1, 0.15) is 5.56 Å². The van der Waals surface area contributed by atoms with Crippen LogP contribution in [0.5, 0.6) is 5.75 Å². The Morgan fingerprint density at radius 2 is 2.11 bits per heavy atom. The standard InChI is InChI=1S/C13H12FN3O/c14-11-3-2-9(13-16-4-1-5-17-13)12-10(11)6-8(7-15)18-12/h1-5,8H,6-7,15H2/t8-/m0/s1. The first kappa shape index (κ1) is 11.1. The zero-order chi connectivity index (χ0) is 12.5. The lowest BCUT2D eigenvalue weighted by Gasteiger charge is -2.09. The summed E-state index contributed by atoms with van der Waals surface area (Å²) in [5.41, 5.74) is 6.85. The summed E-state index contributed by atoms with van der Waals surface area (Å²) in [6, 6.07) is 4.80. The van der Waals surface area contributed by atoms with Crippen LogP contribution in [0.4, 0.5) is 4.39 Å². The molecular weight excluding hydrogens is 233 g/mol. The van der Waals surface area contributed by atoms with Gasteiger partial charge in [0.25, 0.3) is 0 Å². The Hall–Kier alpha value is -2.01. The van der Waals surface area contributed by atoms with Gasteiger partial charge in [-0.25, -0.2) is 14.4 Å². The molecule has 4 nitrogen and oxygen atoms in total. The van der Waals surface area contributed by atoms with Gasteiger partial charge in [0.2, 0.25) is 0 Å². The number of ether oxygens (including phenoxy) is 1. The summed E-state index contributed by atoms with van der Waals surface area (Å²) in [6.07, 6.45) is 3.62. The fourth-order valence-corrected chi connectivity index (χ4v) is 2.11. The van der Waals surface area contributed by atoms with Crippen LogP contribution in [0.15, 0.2) is 30.6 Å². The predicted octanol–water partition coefficient (Wildman–Crippen LogP) is 1.54. The van der Waals surface area contributed by atoms with E-state index >= 15 is 0 Å². The van der Waals surface area contributed by atoms with Crippen molar-refractivity contribution in [3.05, 3.63) is 42.0 Å². The van der Waals surface area contributed by atoms with E-state index in [1.54, 1.807) is 24.5 Å². The molecule has 0 fully saturated rings. The molecule has 0 spiro atoms. The van der Waals surface area contributed by atoms with Gasteiger partial charge in [0.15, 0.2) is 5.82 Å². The van der Waals surface area contributed by atoms with E-state index in [0.29, 0.717) is 35.7 Å². The third-order valence-electron chi connectivity index (χ3n) is 2.99. The third-order valence-corrected chi connectivity index (χ3v) is 2.99. The molecule has 1 aromatic heterocycles. The molecule has 92 valence electrons. The number of benzene rings is 1. The first-order chi connectivity index (χ1) is 8.79. The van der Waals surface area contributed by atoms with Crippen LogP contribution < -0.4 is 10.5 Å². The Morgan fingerprint density at radius 3 is 2.83 bits per heavy atom. The van der Waals surface area contributed by atoms with E-state index in [1.807, 2.05) is 0 Å². The zero-order valence-electron chi connectivity index (χ0n) is 9.64. The normalized spacial score (nSPS) is 17.3. The van der Waals surface area contributed by atoms with Gasteiger partial charge in [-0.15, -0.1) is 0 Å². The van der Waals surface area contributed by atoms with Gasteiger partial charge in [-0.3, -0.25) is 0 Å². The molecular formula is C13H12FN3O. The highest BCUT2D eigenvalue weighted by Crippen LogP contribution is 2.38. The summed E-state index contributed by atoms with van der Waals surface area (Å²) in [5.74, 6) is 0.795. The van der Waals surface area contributed by atoms with E-state index in [-0.39, 0.29) is 11.9 Å². The van der Waals surface area contributed by atoms with Crippen molar-refractivity contribution in [1.82, 2.24) is 9.97 Å². The number of aromatic nitrogens is 2. The quantitative estimate of drug-likeness (QED) is 0.872. The topological polar surface area (TPSA) is 61.0 Å². The number of hydrogen-bond donors (Lipinski definition) is 1. The first-order valence-electron chi connectivity index (χ1n) is 5.75. The van der Waals surface area contributed by atoms with Crippen molar-refractivity contribution >= 4 is 0 Å². The lowest BCUT2D eigenvalue weighted by Crippen LogP contribution is -2.24. The second kappa shape index (κ2) is 4.34. The van der Waals surface area contributed by atoms with Gasteiger partial charge in [0, 0.05) is 30.9 Å². The molecule has 0 unspecified atom stereocenters. The fourth-order valence-electron chi connectivity index (χ4n) is 2.11. The first-order valence-corrected chi connectivity index (χ1v) is 5.75. The highest BCUT2D eigenvalue weighted by molar-refractivity contribution is 5.67. The van der Waals surface area contributed by atoms with Crippen molar-refractivity contribution in [2.75, 3.05) is 6.54 Å². The molecule has 3 rings (SSSR count). The summed E-state index contributed by atoms with van der Waals surface area (Å²) in [5, 5.41) is 0. The minimum Gasteiger partial charge on any atom is -0.488 e. The van der Waals surface area contributed by atoms with E-state index in [1.165, 1.54) is 6.07 Å². The largest absolute Gasteiger partial charge is 0.488 e. The summed E-state index contributed by atoms with van der Waals surface area (Å²) < 4.78 is 19.4. The van der Waals surface area contributed by atoms with E-state index in [0.717, 1.165) is 0 Å². The van der Waals surface area contributed by atoms with E-state index in [4.69, 9.17) is 10.5 Å². The molecule has 5 heteroatoms. The molecule has 2 N–H and O–H groups in total. The molecule has 0 amide bonds. The molecule has 0 aliphatic carbocycles. The average Bonchev–Trinajstić information content (AvgIpc) is 2.85. The Labute approximate surface area is 104 Å². The molecule has 1 aliphatic rings. The molecule has 0 saturated carbocycles. The number of rotatable bonds is 2. The maximum absolute atomic E-state index is 13.7. The summed E-state index contributed by atoms with van der Waals surface area (Å²) in [4.78, 5) is 8.32. The fraction of sp³-hybridized carbons (Fsp3) is 0.231. The number of hydrogen-bond acceptors (Lipinski definition) is 4. The van der Waals surface area contributed by atoms with Gasteiger partial charge in [-0.2, -0.15) is 0 Å². The van der Waals surface area contributed by atoms with Gasteiger partial charge in [-0.05, 0) is 18.2 Å². The molecule has 1 atom stereocenters. The maximum atomic E-state index is 13.7. The van der Waals surface area contributed by atoms with Gasteiger partial charge in [0.05, 0.1) is 5.56 Å². The molecule has 0 saturated heterocycles. The van der Waals surface area contributed by atoms with Crippen LogP contribution in [0.3, 0.4) is 0 Å². The second-order valence-corrected chi connectivity index (χ2v) is 4.15. The van der Waals surface area contributed by atoms with Gasteiger partial charge in [-0.1, -0.05) is 0 Å². The summed E-state index contributed by atoms with van der Waals surface area (Å²) in [6.45, 7) is 0.364. The zero-order valence-corrected chi connectivity index (χ0v) is 9.64. The van der Waals surface area contributed by atoms with E-state index in [9.17, 15) is 4.39 Å². The highest BCUT2D eigenvalue weighted by atomic mass is 19.1. The molecule has 18 heavy (non-hydrogen) atoms. The van der Waals surface area contributed by atoms with Crippen molar-refractivity contribution in [2.24, 2.45) is 5.73 Å². The van der Waals surface area contributed by atoms with Crippen molar-refractivity contribution in [3.63, 3.8) is 0 Å². The molecule has 1 aliphatic heterocycles. The smallest absolute Gasteiger partial charge is 0.162 e. The van der Waals surface area contributed by atoms with Crippen molar-refractivity contribution in [3.8, 4) is 17.1 Å². The molecule has 1 aromatic carbocycles. The van der Waals surface area contributed by atoms with E-state index < -0.39 is 0 Å².